The van der Waals surface area contributed by atoms with Gasteiger partial charge >= 0.3 is 11.9 Å². The maximum Gasteiger partial charge on any atom is 0.311 e. The first-order valence-corrected chi connectivity index (χ1v) is 8.74. The lowest BCUT2D eigenvalue weighted by atomic mass is 9.79. The Kier molecular flexibility index (Phi) is 5.47. The van der Waals surface area contributed by atoms with Crippen molar-refractivity contribution in [2.45, 2.75) is 64.1 Å². The minimum Gasteiger partial charge on any atom is -0.469 e. The molecule has 2 fully saturated rings. The van der Waals surface area contributed by atoms with Crippen LogP contribution in [0.25, 0.3) is 0 Å². The first kappa shape index (κ1) is 19.7. The molecule has 0 aliphatic carbocycles. The molecule has 142 valence electrons. The molecular weight excluding hydrogens is 324 g/mol. The molecule has 2 heterocycles. The zero-order valence-corrected chi connectivity index (χ0v) is 16.0. The van der Waals surface area contributed by atoms with Crippen molar-refractivity contribution < 1.29 is 23.9 Å². The van der Waals surface area contributed by atoms with Crippen LogP contribution in [0.15, 0.2) is 0 Å². The summed E-state index contributed by atoms with van der Waals surface area (Å²) in [7, 11) is 2.59. The largest absolute Gasteiger partial charge is 0.469 e. The number of hydrogen-bond donors (Lipinski definition) is 1. The van der Waals surface area contributed by atoms with Crippen LogP contribution in [0.5, 0.6) is 0 Å². The van der Waals surface area contributed by atoms with E-state index in [2.05, 4.69) is 33.0 Å². The third-order valence-corrected chi connectivity index (χ3v) is 5.21. The fourth-order valence-electron chi connectivity index (χ4n) is 4.51. The zero-order chi connectivity index (χ0) is 19.0. The minimum atomic E-state index is -0.707. The number of carbonyl (C=O) groups is 3. The Labute approximate surface area is 149 Å². The highest BCUT2D eigenvalue weighted by atomic mass is 16.5. The van der Waals surface area contributed by atoms with Gasteiger partial charge in [0.25, 0.3) is 0 Å². The van der Waals surface area contributed by atoms with Crippen molar-refractivity contribution in [1.29, 1.82) is 0 Å². The summed E-state index contributed by atoms with van der Waals surface area (Å²) in [6.45, 7) is 8.76. The number of nitrogens with zero attached hydrogens (tertiary/aromatic N) is 1. The van der Waals surface area contributed by atoms with Crippen molar-refractivity contribution >= 4 is 17.8 Å². The molecule has 2 saturated heterocycles. The van der Waals surface area contributed by atoms with Gasteiger partial charge in [0.2, 0.25) is 5.91 Å². The van der Waals surface area contributed by atoms with E-state index < -0.39 is 23.8 Å². The number of amides is 1. The van der Waals surface area contributed by atoms with Gasteiger partial charge in [-0.15, -0.1) is 0 Å². The van der Waals surface area contributed by atoms with Crippen LogP contribution in [0.2, 0.25) is 0 Å². The van der Waals surface area contributed by atoms with Crippen molar-refractivity contribution in [3.63, 3.8) is 0 Å². The van der Waals surface area contributed by atoms with Crippen LogP contribution in [0.4, 0.5) is 0 Å². The molecule has 7 heteroatoms. The molecule has 0 aromatic carbocycles. The van der Waals surface area contributed by atoms with Gasteiger partial charge in [0.05, 0.1) is 32.5 Å². The Morgan fingerprint density at radius 3 is 2.16 bits per heavy atom. The summed E-state index contributed by atoms with van der Waals surface area (Å²) in [5.41, 5.74) is -0.234. The summed E-state index contributed by atoms with van der Waals surface area (Å²) >= 11 is 0. The molecule has 2 unspecified atom stereocenters. The van der Waals surface area contributed by atoms with E-state index in [-0.39, 0.29) is 29.4 Å². The van der Waals surface area contributed by atoms with Crippen LogP contribution in [0, 0.1) is 11.8 Å². The second-order valence-electron chi connectivity index (χ2n) is 8.46. The zero-order valence-electron chi connectivity index (χ0n) is 16.0. The lowest BCUT2D eigenvalue weighted by Crippen LogP contribution is -2.62. The number of ether oxygens (including phenoxy) is 2. The fourth-order valence-corrected chi connectivity index (χ4v) is 4.51. The highest BCUT2D eigenvalue weighted by molar-refractivity contribution is 5.92. The van der Waals surface area contributed by atoms with Gasteiger partial charge in [0.1, 0.15) is 0 Å². The second kappa shape index (κ2) is 6.94. The molecule has 0 aromatic heterocycles. The van der Waals surface area contributed by atoms with Gasteiger partial charge in [-0.3, -0.25) is 14.4 Å². The van der Waals surface area contributed by atoms with Crippen molar-refractivity contribution in [3.8, 4) is 0 Å². The van der Waals surface area contributed by atoms with Crippen LogP contribution in [-0.4, -0.2) is 60.6 Å². The quantitative estimate of drug-likeness (QED) is 0.761. The highest BCUT2D eigenvalue weighted by Gasteiger charge is 2.50. The van der Waals surface area contributed by atoms with Crippen molar-refractivity contribution in [2.75, 3.05) is 20.8 Å². The summed E-state index contributed by atoms with van der Waals surface area (Å²) in [5, 5.41) is 3.59. The molecule has 2 aliphatic rings. The molecule has 0 bridgehead atoms. The van der Waals surface area contributed by atoms with Crippen LogP contribution in [0.3, 0.4) is 0 Å². The van der Waals surface area contributed by atoms with Crippen LogP contribution in [0.1, 0.15) is 47.0 Å². The number of rotatable bonds is 4. The molecule has 25 heavy (non-hydrogen) atoms. The molecule has 1 amide bonds. The lowest BCUT2D eigenvalue weighted by molar-refractivity contribution is -0.150. The normalized spacial score (nSPS) is 28.7. The van der Waals surface area contributed by atoms with Gasteiger partial charge in [-0.2, -0.15) is 0 Å². The maximum absolute atomic E-state index is 13.0. The molecular formula is C18H30N2O5. The first-order valence-electron chi connectivity index (χ1n) is 8.74. The molecule has 0 aromatic rings. The Balaban J connectivity index is 2.25. The predicted octanol–water partition coefficient (Wildman–Crippen LogP) is 1.11. The van der Waals surface area contributed by atoms with Gasteiger partial charge < -0.3 is 19.7 Å². The van der Waals surface area contributed by atoms with Gasteiger partial charge in [-0.25, -0.2) is 0 Å². The standard InChI is InChI=1S/C18H30N2O5/c1-17(2)8-11(9-18(3,4)19-17)20-10-13(16(23)25-6)12(15(20)22)7-14(21)24-5/h11-13,19H,7-10H2,1-6H3. The first-order chi connectivity index (χ1) is 11.5. The number of hydrogen-bond acceptors (Lipinski definition) is 6. The second-order valence-corrected chi connectivity index (χ2v) is 8.46. The van der Waals surface area contributed by atoms with E-state index in [1.807, 2.05) is 0 Å². The molecule has 0 radical (unpaired) electrons. The monoisotopic (exact) mass is 354 g/mol. The van der Waals surface area contributed by atoms with E-state index in [1.54, 1.807) is 4.90 Å². The van der Waals surface area contributed by atoms with Gasteiger partial charge in [0, 0.05) is 23.7 Å². The van der Waals surface area contributed by atoms with Crippen molar-refractivity contribution in [1.82, 2.24) is 10.2 Å². The summed E-state index contributed by atoms with van der Waals surface area (Å²) < 4.78 is 9.56. The smallest absolute Gasteiger partial charge is 0.311 e. The van der Waals surface area contributed by atoms with Gasteiger partial charge in [-0.1, -0.05) is 0 Å². The summed E-state index contributed by atoms with van der Waals surface area (Å²) in [5.74, 6) is -2.42. The van der Waals surface area contributed by atoms with Crippen molar-refractivity contribution in [3.05, 3.63) is 0 Å². The van der Waals surface area contributed by atoms with E-state index in [4.69, 9.17) is 9.47 Å². The Bertz CT molecular complexity index is 542. The number of esters is 2. The highest BCUT2D eigenvalue weighted by Crippen LogP contribution is 2.37. The lowest BCUT2D eigenvalue weighted by Gasteiger charge is -2.49. The molecule has 2 atom stereocenters. The van der Waals surface area contributed by atoms with E-state index >= 15 is 0 Å². The van der Waals surface area contributed by atoms with E-state index in [0.717, 1.165) is 12.8 Å². The third kappa shape index (κ3) is 4.32. The summed E-state index contributed by atoms with van der Waals surface area (Å²) in [4.78, 5) is 38.6. The molecule has 2 aliphatic heterocycles. The van der Waals surface area contributed by atoms with Gasteiger partial charge in [-0.05, 0) is 40.5 Å². The van der Waals surface area contributed by atoms with Crippen LogP contribution < -0.4 is 5.32 Å². The third-order valence-electron chi connectivity index (χ3n) is 5.21. The number of nitrogens with one attached hydrogen (secondary N) is 1. The van der Waals surface area contributed by atoms with E-state index in [0.29, 0.717) is 6.54 Å². The Morgan fingerprint density at radius 1 is 1.12 bits per heavy atom. The molecule has 0 spiro atoms. The van der Waals surface area contributed by atoms with Crippen LogP contribution in [-0.2, 0) is 23.9 Å². The topological polar surface area (TPSA) is 84.9 Å². The van der Waals surface area contributed by atoms with Gasteiger partial charge in [0.15, 0.2) is 0 Å². The molecule has 1 N–H and O–H groups in total. The molecule has 2 rings (SSSR count). The average Bonchev–Trinajstić information content (AvgIpc) is 2.80. The van der Waals surface area contributed by atoms with E-state index in [1.165, 1.54) is 14.2 Å². The number of carbonyl (C=O) groups excluding carboxylic acids is 3. The van der Waals surface area contributed by atoms with Crippen molar-refractivity contribution in [2.24, 2.45) is 11.8 Å². The SMILES string of the molecule is COC(=O)CC1C(=O)N(C2CC(C)(C)NC(C)(C)C2)CC1C(=O)OC. The van der Waals surface area contributed by atoms with E-state index in [9.17, 15) is 14.4 Å². The number of likely N-dealkylation sites (tertiary alicyclic amines) is 1. The molecule has 0 saturated carbocycles. The predicted molar refractivity (Wildman–Crippen MR) is 91.7 cm³/mol. The Hall–Kier alpha value is -1.63. The summed E-state index contributed by atoms with van der Waals surface area (Å²) in [6.07, 6.45) is 1.49. The average molecular weight is 354 g/mol. The van der Waals surface area contributed by atoms with Crippen LogP contribution >= 0.6 is 0 Å². The fraction of sp³-hybridized carbons (Fsp3) is 0.833. The number of piperidine rings is 1. The maximum atomic E-state index is 13.0. The minimum absolute atomic E-state index is 0.0218. The Morgan fingerprint density at radius 2 is 1.68 bits per heavy atom. The molecule has 7 nitrogen and oxygen atoms in total. The number of methoxy groups -OCH3 is 2. The summed E-state index contributed by atoms with van der Waals surface area (Å²) in [6, 6.07) is 0.0218.